The Balaban J connectivity index is 1.88. The van der Waals surface area contributed by atoms with Crippen molar-refractivity contribution in [1.29, 1.82) is 0 Å². The van der Waals surface area contributed by atoms with Crippen LogP contribution in [0.1, 0.15) is 19.8 Å². The Morgan fingerprint density at radius 2 is 1.80 bits per heavy atom. The van der Waals surface area contributed by atoms with Crippen molar-refractivity contribution < 1.29 is 4.74 Å². The largest absolute Gasteiger partial charge is 0.475 e. The quantitative estimate of drug-likeness (QED) is 0.750. The Morgan fingerprint density at radius 3 is 2.47 bits per heavy atom. The predicted molar refractivity (Wildman–Crippen MR) is 61.6 cm³/mol. The molecule has 1 aromatic carbocycles. The maximum atomic E-state index is 5.87. The van der Waals surface area contributed by atoms with E-state index in [9.17, 15) is 0 Å². The number of benzene rings is 1. The molecular weight excluding hydrogens is 186 g/mol. The molecule has 81 valence electrons. The van der Waals surface area contributed by atoms with Gasteiger partial charge in [0.05, 0.1) is 0 Å². The van der Waals surface area contributed by atoms with Crippen LogP contribution in [0.5, 0.6) is 5.75 Å². The molecule has 1 aliphatic rings. The summed E-state index contributed by atoms with van der Waals surface area (Å²) in [5.41, 5.74) is 0. The topological polar surface area (TPSA) is 12.5 Å². The number of likely N-dealkylation sites (tertiary alicyclic amines) is 1. The minimum Gasteiger partial charge on any atom is -0.475 e. The summed E-state index contributed by atoms with van der Waals surface area (Å²) in [6.45, 7) is 4.36. The summed E-state index contributed by atoms with van der Waals surface area (Å²) < 4.78 is 5.87. The molecule has 15 heavy (non-hydrogen) atoms. The first-order valence-electron chi connectivity index (χ1n) is 5.64. The van der Waals surface area contributed by atoms with E-state index in [1.807, 2.05) is 30.3 Å². The molecule has 0 aromatic heterocycles. The van der Waals surface area contributed by atoms with Crippen molar-refractivity contribution in [3.63, 3.8) is 0 Å². The first kappa shape index (κ1) is 10.5. The second-order valence-electron chi connectivity index (χ2n) is 3.93. The van der Waals surface area contributed by atoms with Gasteiger partial charge in [-0.1, -0.05) is 18.2 Å². The molecule has 1 aromatic rings. The van der Waals surface area contributed by atoms with Crippen LogP contribution in [0, 0.1) is 6.42 Å². The highest BCUT2D eigenvalue weighted by Crippen LogP contribution is 2.16. The van der Waals surface area contributed by atoms with E-state index in [1.165, 1.54) is 12.8 Å². The molecule has 2 rings (SSSR count). The van der Waals surface area contributed by atoms with Gasteiger partial charge in [0.25, 0.3) is 0 Å². The molecule has 1 saturated heterocycles. The van der Waals surface area contributed by atoms with E-state index in [4.69, 9.17) is 4.74 Å². The predicted octanol–water partition coefficient (Wildman–Crippen LogP) is 2.71. The Hall–Kier alpha value is -1.02. The normalized spacial score (nSPS) is 19.8. The van der Waals surface area contributed by atoms with Crippen molar-refractivity contribution in [2.24, 2.45) is 0 Å². The van der Waals surface area contributed by atoms with Crippen molar-refractivity contribution in [1.82, 2.24) is 4.90 Å². The lowest BCUT2D eigenvalue weighted by Gasteiger charge is -2.32. The Labute approximate surface area is 91.9 Å². The van der Waals surface area contributed by atoms with Crippen LogP contribution < -0.4 is 4.74 Å². The van der Waals surface area contributed by atoms with E-state index in [2.05, 4.69) is 18.2 Å². The van der Waals surface area contributed by atoms with Crippen LogP contribution in [-0.2, 0) is 0 Å². The standard InChI is InChI=1S/C13H18NO/c1-12(14-10-6-3-7-11-14)15-13-8-4-2-5-9-13/h2-5,8-9,12H,6-7,10-11H2,1H3. The highest BCUT2D eigenvalue weighted by molar-refractivity contribution is 5.21. The van der Waals surface area contributed by atoms with E-state index in [0.717, 1.165) is 18.8 Å². The Morgan fingerprint density at radius 1 is 1.13 bits per heavy atom. The summed E-state index contributed by atoms with van der Waals surface area (Å²) in [7, 11) is 0. The van der Waals surface area contributed by atoms with E-state index in [0.29, 0.717) is 0 Å². The summed E-state index contributed by atoms with van der Waals surface area (Å²) in [5.74, 6) is 0.958. The van der Waals surface area contributed by atoms with E-state index in [-0.39, 0.29) is 6.23 Å². The third-order valence-corrected chi connectivity index (χ3v) is 2.80. The Kier molecular flexibility index (Phi) is 3.62. The van der Waals surface area contributed by atoms with E-state index < -0.39 is 0 Å². The highest BCUT2D eigenvalue weighted by Gasteiger charge is 2.17. The summed E-state index contributed by atoms with van der Waals surface area (Å²) in [4.78, 5) is 2.38. The van der Waals surface area contributed by atoms with E-state index in [1.54, 1.807) is 0 Å². The fourth-order valence-electron chi connectivity index (χ4n) is 1.90. The second-order valence-corrected chi connectivity index (χ2v) is 3.93. The monoisotopic (exact) mass is 204 g/mol. The number of para-hydroxylation sites is 1. The number of hydrogen-bond donors (Lipinski definition) is 0. The molecule has 0 N–H and O–H groups in total. The molecule has 0 bridgehead atoms. The molecule has 1 heterocycles. The zero-order chi connectivity index (χ0) is 10.5. The van der Waals surface area contributed by atoms with Gasteiger partial charge >= 0.3 is 0 Å². The fraction of sp³-hybridized carbons (Fsp3) is 0.462. The lowest BCUT2D eigenvalue weighted by Crippen LogP contribution is -2.40. The van der Waals surface area contributed by atoms with Crippen LogP contribution in [0.25, 0.3) is 0 Å². The van der Waals surface area contributed by atoms with Crippen LogP contribution in [0.4, 0.5) is 0 Å². The summed E-state index contributed by atoms with van der Waals surface area (Å²) in [6, 6.07) is 10.0. The zero-order valence-electron chi connectivity index (χ0n) is 9.23. The zero-order valence-corrected chi connectivity index (χ0v) is 9.23. The van der Waals surface area contributed by atoms with Crippen LogP contribution in [-0.4, -0.2) is 24.2 Å². The van der Waals surface area contributed by atoms with Gasteiger partial charge in [0.15, 0.2) is 0 Å². The smallest absolute Gasteiger partial charge is 0.149 e. The summed E-state index contributed by atoms with van der Waals surface area (Å²) in [5, 5.41) is 0. The average Bonchev–Trinajstić information content (AvgIpc) is 2.31. The van der Waals surface area contributed by atoms with Gasteiger partial charge < -0.3 is 4.74 Å². The van der Waals surface area contributed by atoms with Crippen LogP contribution >= 0.6 is 0 Å². The number of piperidine rings is 1. The van der Waals surface area contributed by atoms with Crippen molar-refractivity contribution in [3.05, 3.63) is 36.8 Å². The molecule has 1 atom stereocenters. The van der Waals surface area contributed by atoms with Crippen molar-refractivity contribution in [3.8, 4) is 5.75 Å². The second kappa shape index (κ2) is 5.17. The van der Waals surface area contributed by atoms with Gasteiger partial charge in [-0.15, -0.1) is 0 Å². The molecule has 0 saturated carbocycles. The SMILES string of the molecule is CC(Oc1ccccc1)N1CC[CH]CC1. The number of ether oxygens (including phenoxy) is 1. The fourth-order valence-corrected chi connectivity index (χ4v) is 1.90. The molecule has 2 heteroatoms. The number of rotatable bonds is 3. The van der Waals surface area contributed by atoms with Crippen molar-refractivity contribution in [2.45, 2.75) is 26.0 Å². The first-order valence-corrected chi connectivity index (χ1v) is 5.64. The molecule has 1 unspecified atom stereocenters. The molecule has 0 spiro atoms. The van der Waals surface area contributed by atoms with Gasteiger partial charge in [-0.2, -0.15) is 0 Å². The summed E-state index contributed by atoms with van der Waals surface area (Å²) >= 11 is 0. The van der Waals surface area contributed by atoms with Gasteiger partial charge in [-0.3, -0.25) is 4.90 Å². The maximum absolute atomic E-state index is 5.87. The molecule has 1 aliphatic heterocycles. The maximum Gasteiger partial charge on any atom is 0.149 e. The third kappa shape index (κ3) is 2.96. The van der Waals surface area contributed by atoms with Crippen molar-refractivity contribution >= 4 is 0 Å². The minimum absolute atomic E-state index is 0.182. The summed E-state index contributed by atoms with van der Waals surface area (Å²) in [6.07, 6.45) is 4.90. The molecular formula is C13H18NO. The van der Waals surface area contributed by atoms with Crippen LogP contribution in [0.2, 0.25) is 0 Å². The molecule has 1 fully saturated rings. The molecule has 0 amide bonds. The first-order chi connectivity index (χ1) is 7.36. The lowest BCUT2D eigenvalue weighted by molar-refractivity contribution is 0.0333. The molecule has 1 radical (unpaired) electrons. The van der Waals surface area contributed by atoms with Gasteiger partial charge in [-0.05, 0) is 38.3 Å². The minimum atomic E-state index is 0.182. The van der Waals surface area contributed by atoms with Crippen LogP contribution in [0.15, 0.2) is 30.3 Å². The lowest BCUT2D eigenvalue weighted by atomic mass is 10.1. The van der Waals surface area contributed by atoms with Gasteiger partial charge in [0, 0.05) is 13.1 Å². The van der Waals surface area contributed by atoms with Gasteiger partial charge in [0.2, 0.25) is 0 Å². The Bertz CT molecular complexity index is 280. The average molecular weight is 204 g/mol. The number of hydrogen-bond acceptors (Lipinski definition) is 2. The molecule has 0 aliphatic carbocycles. The van der Waals surface area contributed by atoms with Crippen molar-refractivity contribution in [2.75, 3.05) is 13.1 Å². The third-order valence-electron chi connectivity index (χ3n) is 2.80. The number of nitrogens with zero attached hydrogens (tertiary/aromatic N) is 1. The van der Waals surface area contributed by atoms with Gasteiger partial charge in [-0.25, -0.2) is 0 Å². The van der Waals surface area contributed by atoms with Gasteiger partial charge in [0.1, 0.15) is 12.0 Å². The highest BCUT2D eigenvalue weighted by atomic mass is 16.5. The van der Waals surface area contributed by atoms with Crippen LogP contribution in [0.3, 0.4) is 0 Å². The van der Waals surface area contributed by atoms with E-state index >= 15 is 0 Å². The molecule has 2 nitrogen and oxygen atoms in total.